The number of anilines is 1. The van der Waals surface area contributed by atoms with Crippen molar-refractivity contribution in [3.63, 3.8) is 0 Å². The Morgan fingerprint density at radius 1 is 1.14 bits per heavy atom. The van der Waals surface area contributed by atoms with Crippen molar-refractivity contribution < 1.29 is 13.9 Å². The summed E-state index contributed by atoms with van der Waals surface area (Å²) in [4.78, 5) is 26.7. The number of hydrogen-bond donors (Lipinski definition) is 1. The van der Waals surface area contributed by atoms with Crippen molar-refractivity contribution in [3.8, 4) is 6.07 Å². The molecule has 1 amide bonds. The van der Waals surface area contributed by atoms with E-state index in [2.05, 4.69) is 39.7 Å². The number of hydrogen-bond acceptors (Lipinski definition) is 8. The van der Waals surface area contributed by atoms with Crippen molar-refractivity contribution in [2.24, 2.45) is 4.99 Å². The van der Waals surface area contributed by atoms with E-state index in [0.29, 0.717) is 38.8 Å². The van der Waals surface area contributed by atoms with Crippen molar-refractivity contribution in [1.29, 1.82) is 5.26 Å². The molecule has 44 heavy (non-hydrogen) atoms. The van der Waals surface area contributed by atoms with Gasteiger partial charge in [-0.2, -0.15) is 5.26 Å². The Hall–Kier alpha value is -3.42. The highest BCUT2D eigenvalue weighted by Gasteiger charge is 2.40. The van der Waals surface area contributed by atoms with Gasteiger partial charge in [0.1, 0.15) is 11.7 Å². The van der Waals surface area contributed by atoms with Crippen LogP contribution in [0.4, 0.5) is 10.1 Å². The molecule has 0 aromatic heterocycles. The topological polar surface area (TPSA) is 87.4 Å². The van der Waals surface area contributed by atoms with Gasteiger partial charge in [0.15, 0.2) is 0 Å². The Labute approximate surface area is 261 Å². The highest BCUT2D eigenvalue weighted by atomic mass is 19.1. The lowest BCUT2D eigenvalue weighted by atomic mass is 9.89. The van der Waals surface area contributed by atoms with E-state index in [1.54, 1.807) is 11.0 Å². The zero-order chi connectivity index (χ0) is 30.8. The molecule has 5 aliphatic rings. The van der Waals surface area contributed by atoms with Crippen LogP contribution < -0.4 is 10.2 Å². The van der Waals surface area contributed by atoms with E-state index in [0.717, 1.165) is 86.4 Å². The number of carbonyl (C=O) groups excluding carboxylic acids is 1. The molecule has 1 unspecified atom stereocenters. The Morgan fingerprint density at radius 2 is 1.95 bits per heavy atom. The number of nitrogens with one attached hydrogen (secondary N) is 1. The number of halogens is 1. The van der Waals surface area contributed by atoms with Gasteiger partial charge in [-0.15, -0.1) is 0 Å². The van der Waals surface area contributed by atoms with Gasteiger partial charge in [0.2, 0.25) is 11.8 Å². The van der Waals surface area contributed by atoms with Crippen LogP contribution in [0.3, 0.4) is 0 Å². The van der Waals surface area contributed by atoms with Crippen LogP contribution in [0.1, 0.15) is 63.0 Å². The van der Waals surface area contributed by atoms with Gasteiger partial charge in [-0.3, -0.25) is 4.79 Å². The molecule has 2 saturated heterocycles. The molecule has 6 rings (SSSR count). The first-order chi connectivity index (χ1) is 21.3. The Morgan fingerprint density at radius 3 is 2.70 bits per heavy atom. The number of ether oxygens (including phenoxy) is 1. The Bertz CT molecular complexity index is 1390. The molecule has 10 heteroatoms. The Kier molecular flexibility index (Phi) is 8.97. The highest BCUT2D eigenvalue weighted by molar-refractivity contribution is 6.00. The van der Waals surface area contributed by atoms with Crippen LogP contribution in [0.5, 0.6) is 0 Å². The maximum atomic E-state index is 14.8. The number of fused-ring (bicyclic) bond motifs is 1. The minimum atomic E-state index is -0.964. The molecule has 0 saturated carbocycles. The van der Waals surface area contributed by atoms with E-state index in [1.165, 1.54) is 18.1 Å². The highest BCUT2D eigenvalue weighted by Crippen LogP contribution is 2.36. The van der Waals surface area contributed by atoms with Crippen molar-refractivity contribution >= 4 is 17.4 Å². The smallest absolute Gasteiger partial charge is 0.246 e. The second kappa shape index (κ2) is 12.9. The molecular weight excluding hydrogens is 557 g/mol. The van der Waals surface area contributed by atoms with Crippen LogP contribution in [-0.2, 0) is 22.4 Å². The molecule has 0 spiro atoms. The number of benzene rings is 1. The summed E-state index contributed by atoms with van der Waals surface area (Å²) in [7, 11) is 2.15. The van der Waals surface area contributed by atoms with Gasteiger partial charge in [-0.25, -0.2) is 9.38 Å². The molecule has 1 N–H and O–H groups in total. The minimum absolute atomic E-state index is 0.0813. The third kappa shape index (κ3) is 6.09. The summed E-state index contributed by atoms with van der Waals surface area (Å²) in [6.07, 6.45) is 9.48. The summed E-state index contributed by atoms with van der Waals surface area (Å²) in [6, 6.07) is 6.00. The Balaban J connectivity index is 1.33. The fraction of sp³-hybridized carbons (Fsp3) is 0.618. The van der Waals surface area contributed by atoms with Crippen LogP contribution in [0, 0.1) is 17.1 Å². The summed E-state index contributed by atoms with van der Waals surface area (Å²) < 4.78 is 21.5. The molecule has 0 radical (unpaired) electrons. The number of amidine groups is 1. The molecule has 9 nitrogen and oxygen atoms in total. The van der Waals surface area contributed by atoms with E-state index in [9.17, 15) is 14.4 Å². The lowest BCUT2D eigenvalue weighted by molar-refractivity contribution is -0.130. The van der Waals surface area contributed by atoms with Gasteiger partial charge in [0.25, 0.3) is 0 Å². The predicted octanol–water partition coefficient (Wildman–Crippen LogP) is 3.96. The van der Waals surface area contributed by atoms with Gasteiger partial charge in [-0.1, -0.05) is 6.58 Å². The van der Waals surface area contributed by atoms with Crippen molar-refractivity contribution in [3.05, 3.63) is 53.0 Å². The molecule has 1 aromatic rings. The van der Waals surface area contributed by atoms with Crippen molar-refractivity contribution in [2.75, 3.05) is 57.8 Å². The number of nitriles is 1. The van der Waals surface area contributed by atoms with E-state index in [-0.39, 0.29) is 24.2 Å². The van der Waals surface area contributed by atoms with E-state index < -0.39 is 5.85 Å². The second-order valence-electron chi connectivity index (χ2n) is 13.0. The maximum absolute atomic E-state index is 14.8. The largest absolute Gasteiger partial charge is 0.365 e. The molecule has 4 heterocycles. The summed E-state index contributed by atoms with van der Waals surface area (Å²) in [6.45, 7) is 10.5. The van der Waals surface area contributed by atoms with Crippen LogP contribution in [0.2, 0.25) is 0 Å². The SMILES string of the molecule is C=CC(=O)N1CCN(C2=NC(C)(OC[C@@H]3CCCN3C)NC3=C2CCCN(c2ccc(F)c4c2CCCC4)C3)C[C@@H]1CC#N. The molecular formula is C34H46FN7O2. The van der Waals surface area contributed by atoms with E-state index in [4.69, 9.17) is 9.73 Å². The average Bonchev–Trinajstić information content (AvgIpc) is 3.33. The molecule has 1 aromatic carbocycles. The first-order valence-electron chi connectivity index (χ1n) is 16.3. The van der Waals surface area contributed by atoms with Gasteiger partial charge in [0, 0.05) is 56.1 Å². The van der Waals surface area contributed by atoms with Gasteiger partial charge in [-0.05, 0) is 94.3 Å². The third-order valence-corrected chi connectivity index (χ3v) is 10.1. The summed E-state index contributed by atoms with van der Waals surface area (Å²) in [5.41, 5.74) is 5.44. The number of rotatable bonds is 6. The molecule has 1 aliphatic carbocycles. The predicted molar refractivity (Wildman–Crippen MR) is 170 cm³/mol. The van der Waals surface area contributed by atoms with Crippen LogP contribution in [-0.4, -0.2) is 97.3 Å². The lowest BCUT2D eigenvalue weighted by Gasteiger charge is -2.45. The number of carbonyl (C=O) groups is 1. The average molecular weight is 604 g/mol. The normalized spacial score (nSPS) is 27.6. The number of likely N-dealkylation sites (N-methyl/N-ethyl adjacent to an activating group) is 1. The van der Waals surface area contributed by atoms with E-state index in [1.807, 2.05) is 13.0 Å². The second-order valence-corrected chi connectivity index (χ2v) is 13.0. The monoisotopic (exact) mass is 603 g/mol. The fourth-order valence-electron chi connectivity index (χ4n) is 7.72. The number of amides is 1. The summed E-state index contributed by atoms with van der Waals surface area (Å²) in [5.74, 6) is -0.284. The van der Waals surface area contributed by atoms with Gasteiger partial charge < -0.3 is 29.7 Å². The first-order valence-corrected chi connectivity index (χ1v) is 16.3. The quantitative estimate of drug-likeness (QED) is 0.493. The van der Waals surface area contributed by atoms with Crippen LogP contribution in [0.15, 0.2) is 41.1 Å². The number of likely N-dealkylation sites (tertiary alicyclic amines) is 1. The van der Waals surface area contributed by atoms with E-state index >= 15 is 0 Å². The summed E-state index contributed by atoms with van der Waals surface area (Å²) >= 11 is 0. The third-order valence-electron chi connectivity index (χ3n) is 10.1. The standard InChI is InChI=1S/C34H46FN7O2/c1-4-32(43)42-20-19-41(21-24(42)15-16-36)33-28-12-8-18-40(31-14-13-29(35)26-10-5-6-11-27(26)31)22-30(28)37-34(2,38-33)44-23-25-9-7-17-39(25)3/h4,13-14,24-25,37H,1,5-12,15,17-23H2,2-3H3/t24-,25-,34?/m0/s1. The lowest BCUT2D eigenvalue weighted by Crippen LogP contribution is -2.59. The molecule has 0 bridgehead atoms. The number of aliphatic imine (C=N–C) groups is 1. The summed E-state index contributed by atoms with van der Waals surface area (Å²) in [5, 5.41) is 13.3. The maximum Gasteiger partial charge on any atom is 0.246 e. The first kappa shape index (κ1) is 30.6. The number of piperazine rings is 1. The van der Waals surface area contributed by atoms with Crippen LogP contribution >= 0.6 is 0 Å². The van der Waals surface area contributed by atoms with Gasteiger partial charge in [0.05, 0.1) is 31.7 Å². The number of nitrogens with zero attached hydrogens (tertiary/aromatic N) is 6. The minimum Gasteiger partial charge on any atom is -0.365 e. The van der Waals surface area contributed by atoms with Crippen molar-refractivity contribution in [1.82, 2.24) is 20.0 Å². The molecule has 3 atom stereocenters. The molecule has 4 aliphatic heterocycles. The molecule has 2 fully saturated rings. The van der Waals surface area contributed by atoms with Crippen molar-refractivity contribution in [2.45, 2.75) is 82.6 Å². The van der Waals surface area contributed by atoms with Crippen LogP contribution in [0.25, 0.3) is 0 Å². The van der Waals surface area contributed by atoms with Gasteiger partial charge >= 0.3 is 0 Å². The zero-order valence-corrected chi connectivity index (χ0v) is 26.3. The molecule has 236 valence electrons. The zero-order valence-electron chi connectivity index (χ0n) is 26.3. The fourth-order valence-corrected chi connectivity index (χ4v) is 7.72.